The summed E-state index contributed by atoms with van der Waals surface area (Å²) in [6.07, 6.45) is 1.94. The first-order chi connectivity index (χ1) is 12.5. The van der Waals surface area contributed by atoms with E-state index in [0.717, 1.165) is 30.8 Å². The van der Waals surface area contributed by atoms with Crippen molar-refractivity contribution in [3.8, 4) is 5.75 Å². The molecule has 0 aliphatic carbocycles. The van der Waals surface area contributed by atoms with Crippen LogP contribution in [0.4, 0.5) is 0 Å². The van der Waals surface area contributed by atoms with E-state index in [1.54, 1.807) is 0 Å². The first-order valence-electron chi connectivity index (χ1n) is 9.22. The predicted octanol–water partition coefficient (Wildman–Crippen LogP) is 2.53. The van der Waals surface area contributed by atoms with Crippen LogP contribution in [0.15, 0.2) is 36.4 Å². The molecule has 0 spiro atoms. The number of nitrogens with zero attached hydrogens (tertiary/aromatic N) is 3. The molecule has 6 heteroatoms. The summed E-state index contributed by atoms with van der Waals surface area (Å²) >= 11 is 0. The van der Waals surface area contributed by atoms with Gasteiger partial charge in [0.1, 0.15) is 18.5 Å². The fraction of sp³-hybridized carbons (Fsp3) is 0.500. The molecular weight excluding hydrogens is 330 g/mol. The molecular formula is C20H25N3O3. The second-order valence-electron chi connectivity index (χ2n) is 7.66. The van der Waals surface area contributed by atoms with Gasteiger partial charge in [-0.15, -0.1) is 0 Å². The summed E-state index contributed by atoms with van der Waals surface area (Å²) in [6, 6.07) is 11.6. The number of hydrogen-bond donors (Lipinski definition) is 0. The van der Waals surface area contributed by atoms with Crippen molar-refractivity contribution >= 4 is 5.91 Å². The van der Waals surface area contributed by atoms with Crippen LogP contribution in [0.3, 0.4) is 0 Å². The number of amides is 1. The molecule has 138 valence electrons. The monoisotopic (exact) mass is 355 g/mol. The molecule has 0 radical (unpaired) electrons. The lowest BCUT2D eigenvalue weighted by Crippen LogP contribution is -2.56. The standard InChI is InChI=1S/C20H25N3O3/c1-20(2)14-22(19(24)18-11-15-7-6-10-23(15)21-18)12-17(26-20)13-25-16-8-4-3-5-9-16/h3-5,8-9,11,17H,6-7,10,12-14H2,1-2H3/t17-/m1/s1. The maximum Gasteiger partial charge on any atom is 0.274 e. The Balaban J connectivity index is 1.44. The Morgan fingerprint density at radius 3 is 2.92 bits per heavy atom. The second kappa shape index (κ2) is 6.76. The van der Waals surface area contributed by atoms with E-state index in [-0.39, 0.29) is 12.0 Å². The van der Waals surface area contributed by atoms with Crippen molar-refractivity contribution in [2.75, 3.05) is 19.7 Å². The number of morpholine rings is 1. The maximum absolute atomic E-state index is 13.0. The molecule has 1 fully saturated rings. The Hall–Kier alpha value is -2.34. The minimum absolute atomic E-state index is 0.0204. The number of carbonyl (C=O) groups excluding carboxylic acids is 1. The number of hydrogen-bond acceptors (Lipinski definition) is 4. The van der Waals surface area contributed by atoms with Crippen LogP contribution < -0.4 is 4.74 Å². The SMILES string of the molecule is CC1(C)CN(C(=O)c2cc3n(n2)CCC3)C[C@H](COc2ccccc2)O1. The molecule has 3 heterocycles. The quantitative estimate of drug-likeness (QED) is 0.846. The Labute approximate surface area is 153 Å². The lowest BCUT2D eigenvalue weighted by atomic mass is 10.0. The molecule has 6 nitrogen and oxygen atoms in total. The summed E-state index contributed by atoms with van der Waals surface area (Å²) in [5, 5.41) is 4.49. The normalized spacial score (nSPS) is 21.5. The summed E-state index contributed by atoms with van der Waals surface area (Å²) in [5.74, 6) is 0.788. The highest BCUT2D eigenvalue weighted by atomic mass is 16.5. The smallest absolute Gasteiger partial charge is 0.274 e. The number of ether oxygens (including phenoxy) is 2. The number of aromatic nitrogens is 2. The van der Waals surface area contributed by atoms with E-state index in [2.05, 4.69) is 5.10 Å². The van der Waals surface area contributed by atoms with Gasteiger partial charge in [-0.3, -0.25) is 9.48 Å². The molecule has 26 heavy (non-hydrogen) atoms. The van der Waals surface area contributed by atoms with Crippen LogP contribution in [-0.2, 0) is 17.7 Å². The van der Waals surface area contributed by atoms with Crippen LogP contribution in [0.5, 0.6) is 5.75 Å². The summed E-state index contributed by atoms with van der Waals surface area (Å²) < 4.78 is 13.9. The highest BCUT2D eigenvalue weighted by molar-refractivity contribution is 5.92. The van der Waals surface area contributed by atoms with Crippen LogP contribution in [0.25, 0.3) is 0 Å². The van der Waals surface area contributed by atoms with E-state index in [1.807, 2.05) is 59.8 Å². The van der Waals surface area contributed by atoms with Gasteiger partial charge in [0.05, 0.1) is 12.1 Å². The third-order valence-electron chi connectivity index (χ3n) is 4.83. The zero-order valence-electron chi connectivity index (χ0n) is 15.4. The third-order valence-corrected chi connectivity index (χ3v) is 4.83. The van der Waals surface area contributed by atoms with Crippen molar-refractivity contribution in [2.45, 2.75) is 44.9 Å². The van der Waals surface area contributed by atoms with E-state index < -0.39 is 5.60 Å². The lowest BCUT2D eigenvalue weighted by molar-refractivity contribution is -0.136. The van der Waals surface area contributed by atoms with Gasteiger partial charge in [0.25, 0.3) is 5.91 Å². The maximum atomic E-state index is 13.0. The van der Waals surface area contributed by atoms with Crippen LogP contribution in [-0.4, -0.2) is 52.0 Å². The van der Waals surface area contributed by atoms with E-state index >= 15 is 0 Å². The lowest BCUT2D eigenvalue weighted by Gasteiger charge is -2.42. The third kappa shape index (κ3) is 3.60. The number of carbonyl (C=O) groups is 1. The highest BCUT2D eigenvalue weighted by Gasteiger charge is 2.37. The first-order valence-corrected chi connectivity index (χ1v) is 9.22. The molecule has 1 saturated heterocycles. The minimum Gasteiger partial charge on any atom is -0.491 e. The van der Waals surface area contributed by atoms with E-state index in [4.69, 9.17) is 9.47 Å². The summed E-state index contributed by atoms with van der Waals surface area (Å²) in [5.41, 5.74) is 1.28. The van der Waals surface area contributed by atoms with Crippen LogP contribution in [0.1, 0.15) is 36.5 Å². The van der Waals surface area contributed by atoms with Gasteiger partial charge in [0, 0.05) is 18.8 Å². The van der Waals surface area contributed by atoms with Crippen molar-refractivity contribution < 1.29 is 14.3 Å². The largest absolute Gasteiger partial charge is 0.491 e. The fourth-order valence-corrected chi connectivity index (χ4v) is 3.77. The topological polar surface area (TPSA) is 56.6 Å². The number of benzene rings is 1. The summed E-state index contributed by atoms with van der Waals surface area (Å²) in [4.78, 5) is 14.8. The van der Waals surface area contributed by atoms with Crippen LogP contribution in [0, 0.1) is 0 Å². The number of fused-ring (bicyclic) bond motifs is 1. The number of aryl methyl sites for hydroxylation is 2. The van der Waals surface area contributed by atoms with Gasteiger partial charge in [0.2, 0.25) is 0 Å². The van der Waals surface area contributed by atoms with Crippen LogP contribution >= 0.6 is 0 Å². The number of para-hydroxylation sites is 1. The van der Waals surface area contributed by atoms with Crippen molar-refractivity contribution in [1.82, 2.24) is 14.7 Å². The summed E-state index contributed by atoms with van der Waals surface area (Å²) in [7, 11) is 0. The molecule has 0 saturated carbocycles. The molecule has 4 rings (SSSR count). The molecule has 0 N–H and O–H groups in total. The van der Waals surface area contributed by atoms with Gasteiger partial charge in [-0.2, -0.15) is 5.10 Å². The fourth-order valence-electron chi connectivity index (χ4n) is 3.77. The van der Waals surface area contributed by atoms with Crippen LogP contribution in [0.2, 0.25) is 0 Å². The van der Waals surface area contributed by atoms with Gasteiger partial charge in [-0.1, -0.05) is 18.2 Å². The van der Waals surface area contributed by atoms with Gasteiger partial charge >= 0.3 is 0 Å². The highest BCUT2D eigenvalue weighted by Crippen LogP contribution is 2.24. The molecule has 1 atom stereocenters. The molecule has 1 aromatic carbocycles. The summed E-state index contributed by atoms with van der Waals surface area (Å²) in [6.45, 7) is 6.40. The van der Waals surface area contributed by atoms with Crippen molar-refractivity contribution in [3.63, 3.8) is 0 Å². The molecule has 1 aromatic heterocycles. The molecule has 0 bridgehead atoms. The van der Waals surface area contributed by atoms with E-state index in [0.29, 0.717) is 25.4 Å². The van der Waals surface area contributed by atoms with Gasteiger partial charge in [0.15, 0.2) is 5.69 Å². The Bertz CT molecular complexity index is 763. The van der Waals surface area contributed by atoms with Crippen molar-refractivity contribution in [1.29, 1.82) is 0 Å². The zero-order valence-corrected chi connectivity index (χ0v) is 15.4. The van der Waals surface area contributed by atoms with Gasteiger partial charge in [-0.05, 0) is 44.9 Å². The van der Waals surface area contributed by atoms with Gasteiger partial charge in [-0.25, -0.2) is 0 Å². The molecule has 0 unspecified atom stereocenters. The van der Waals surface area contributed by atoms with Crippen molar-refractivity contribution in [2.24, 2.45) is 0 Å². The predicted molar refractivity (Wildman–Crippen MR) is 97.3 cm³/mol. The Morgan fingerprint density at radius 2 is 2.15 bits per heavy atom. The molecule has 1 amide bonds. The number of rotatable bonds is 4. The molecule has 2 aliphatic heterocycles. The average molecular weight is 355 g/mol. The minimum atomic E-state index is -0.416. The van der Waals surface area contributed by atoms with Crippen molar-refractivity contribution in [3.05, 3.63) is 47.8 Å². The zero-order chi connectivity index (χ0) is 18.1. The Morgan fingerprint density at radius 1 is 1.35 bits per heavy atom. The Kier molecular flexibility index (Phi) is 4.44. The second-order valence-corrected chi connectivity index (χ2v) is 7.66. The van der Waals surface area contributed by atoms with E-state index in [9.17, 15) is 4.79 Å². The average Bonchev–Trinajstić information content (AvgIpc) is 3.21. The first kappa shape index (κ1) is 17.1. The van der Waals surface area contributed by atoms with E-state index in [1.165, 1.54) is 0 Å². The molecule has 2 aromatic rings. The van der Waals surface area contributed by atoms with Gasteiger partial charge < -0.3 is 14.4 Å². The molecule has 2 aliphatic rings.